The molecule has 2 rings (SSSR count). The van der Waals surface area contributed by atoms with Gasteiger partial charge in [0.15, 0.2) is 0 Å². The van der Waals surface area contributed by atoms with Gasteiger partial charge in [-0.25, -0.2) is 0 Å². The quantitative estimate of drug-likeness (QED) is 0.753. The molecule has 0 bridgehead atoms. The average molecular weight is 216 g/mol. The molecule has 1 aromatic rings. The Kier molecular flexibility index (Phi) is 2.46. The molecule has 0 unspecified atom stereocenters. The maximum atomic E-state index is 11.5. The molecule has 1 aliphatic heterocycles. The van der Waals surface area contributed by atoms with Gasteiger partial charge in [0.25, 0.3) is 0 Å². The Morgan fingerprint density at radius 2 is 2.00 bits per heavy atom. The first kappa shape index (κ1) is 10.7. The van der Waals surface area contributed by atoms with Crippen LogP contribution in [0.3, 0.4) is 0 Å². The lowest BCUT2D eigenvalue weighted by Gasteiger charge is -2.14. The number of hydrogen-bond acceptors (Lipinski definition) is 2. The highest BCUT2D eigenvalue weighted by molar-refractivity contribution is 5.89. The van der Waals surface area contributed by atoms with E-state index in [1.165, 1.54) is 5.56 Å². The molecule has 1 heterocycles. The van der Waals surface area contributed by atoms with E-state index in [9.17, 15) is 4.79 Å². The van der Waals surface area contributed by atoms with Crippen LogP contribution in [0.5, 0.6) is 0 Å². The number of carbonyl (C=O) groups excluding carboxylic acids is 1. The number of nitrogens with one attached hydrogen (secondary N) is 2. The highest BCUT2D eigenvalue weighted by Gasteiger charge is 2.37. The van der Waals surface area contributed by atoms with E-state index in [0.29, 0.717) is 0 Å². The Morgan fingerprint density at radius 1 is 1.25 bits per heavy atom. The number of carbonyl (C=O) groups is 1. The molecule has 1 amide bonds. The van der Waals surface area contributed by atoms with Crippen LogP contribution in [0.4, 0.5) is 0 Å². The fraction of sp³-hybridized carbons (Fsp3) is 0.308. The van der Waals surface area contributed by atoms with Crippen molar-refractivity contribution in [1.29, 1.82) is 0 Å². The second kappa shape index (κ2) is 3.67. The third-order valence-electron chi connectivity index (χ3n) is 2.90. The van der Waals surface area contributed by atoms with E-state index in [-0.39, 0.29) is 5.91 Å². The minimum atomic E-state index is -0.482. The predicted molar refractivity (Wildman–Crippen MR) is 64.2 cm³/mol. The Bertz CT molecular complexity index is 461. The van der Waals surface area contributed by atoms with Crippen LogP contribution in [-0.2, 0) is 4.79 Å². The monoisotopic (exact) mass is 216 g/mol. The van der Waals surface area contributed by atoms with Crippen molar-refractivity contribution >= 4 is 12.0 Å². The van der Waals surface area contributed by atoms with Crippen molar-refractivity contribution < 1.29 is 4.79 Å². The van der Waals surface area contributed by atoms with Crippen LogP contribution < -0.4 is 10.9 Å². The number of hydrazine groups is 1. The topological polar surface area (TPSA) is 41.1 Å². The van der Waals surface area contributed by atoms with E-state index in [2.05, 4.69) is 29.9 Å². The zero-order chi connectivity index (χ0) is 11.8. The maximum Gasteiger partial charge on any atom is 0.249 e. The molecule has 1 fully saturated rings. The normalized spacial score (nSPS) is 20.7. The number of rotatable bonds is 1. The van der Waals surface area contributed by atoms with Crippen LogP contribution in [-0.4, -0.2) is 5.91 Å². The lowest BCUT2D eigenvalue weighted by Crippen LogP contribution is -2.28. The fourth-order valence-corrected chi connectivity index (χ4v) is 1.70. The molecule has 1 aliphatic rings. The van der Waals surface area contributed by atoms with Gasteiger partial charge in [-0.15, -0.1) is 0 Å². The van der Waals surface area contributed by atoms with Crippen LogP contribution in [0.1, 0.15) is 25.0 Å². The lowest BCUT2D eigenvalue weighted by atomic mass is 9.89. The van der Waals surface area contributed by atoms with Gasteiger partial charge in [0.05, 0.1) is 5.41 Å². The molecule has 0 aliphatic carbocycles. The Labute approximate surface area is 95.5 Å². The van der Waals surface area contributed by atoms with Crippen molar-refractivity contribution in [3.8, 4) is 0 Å². The maximum absolute atomic E-state index is 11.5. The van der Waals surface area contributed by atoms with Crippen LogP contribution in [0.15, 0.2) is 30.0 Å². The first-order valence-corrected chi connectivity index (χ1v) is 5.35. The van der Waals surface area contributed by atoms with Gasteiger partial charge in [-0.05, 0) is 32.4 Å². The smallest absolute Gasteiger partial charge is 0.249 e. The zero-order valence-corrected chi connectivity index (χ0v) is 9.79. The molecule has 0 saturated carbocycles. The molecule has 2 N–H and O–H groups in total. The molecular weight excluding hydrogens is 200 g/mol. The lowest BCUT2D eigenvalue weighted by molar-refractivity contribution is -0.125. The van der Waals surface area contributed by atoms with Crippen molar-refractivity contribution in [3.63, 3.8) is 0 Å². The van der Waals surface area contributed by atoms with Gasteiger partial charge in [0.2, 0.25) is 5.91 Å². The van der Waals surface area contributed by atoms with Crippen molar-refractivity contribution in [2.24, 2.45) is 5.41 Å². The summed E-state index contributed by atoms with van der Waals surface area (Å²) in [5, 5.41) is 0. The van der Waals surface area contributed by atoms with Gasteiger partial charge >= 0.3 is 0 Å². The highest BCUT2D eigenvalue weighted by atomic mass is 16.2. The van der Waals surface area contributed by atoms with Gasteiger partial charge in [0.1, 0.15) is 0 Å². The second-order valence-corrected chi connectivity index (χ2v) is 4.68. The molecule has 1 saturated heterocycles. The van der Waals surface area contributed by atoms with Crippen LogP contribution in [0, 0.1) is 12.3 Å². The minimum absolute atomic E-state index is 0.00593. The average Bonchev–Trinajstić information content (AvgIpc) is 2.45. The molecule has 0 aromatic heterocycles. The minimum Gasteiger partial charge on any atom is -0.302 e. The molecule has 0 spiro atoms. The third-order valence-corrected chi connectivity index (χ3v) is 2.90. The summed E-state index contributed by atoms with van der Waals surface area (Å²) < 4.78 is 0. The SMILES string of the molecule is Cc1cccc(/C=C2\NNC(=O)C2(C)C)c1. The van der Waals surface area contributed by atoms with E-state index in [1.54, 1.807) is 0 Å². The summed E-state index contributed by atoms with van der Waals surface area (Å²) in [4.78, 5) is 11.5. The Balaban J connectivity index is 2.35. The Morgan fingerprint density at radius 3 is 2.56 bits per heavy atom. The highest BCUT2D eigenvalue weighted by Crippen LogP contribution is 2.29. The van der Waals surface area contributed by atoms with Gasteiger partial charge < -0.3 is 5.43 Å². The zero-order valence-electron chi connectivity index (χ0n) is 9.79. The van der Waals surface area contributed by atoms with E-state index in [0.717, 1.165) is 11.3 Å². The van der Waals surface area contributed by atoms with E-state index >= 15 is 0 Å². The Hall–Kier alpha value is -1.77. The largest absolute Gasteiger partial charge is 0.302 e. The molecular formula is C13H16N2O. The number of benzene rings is 1. The summed E-state index contributed by atoms with van der Waals surface area (Å²) in [7, 11) is 0. The van der Waals surface area contributed by atoms with Crippen LogP contribution in [0.25, 0.3) is 6.08 Å². The summed E-state index contributed by atoms with van der Waals surface area (Å²) in [6.07, 6.45) is 2.00. The predicted octanol–water partition coefficient (Wildman–Crippen LogP) is 2.00. The molecule has 1 aromatic carbocycles. The molecule has 0 atom stereocenters. The fourth-order valence-electron chi connectivity index (χ4n) is 1.70. The summed E-state index contributed by atoms with van der Waals surface area (Å²) in [5.41, 5.74) is 8.30. The van der Waals surface area contributed by atoms with Crippen molar-refractivity contribution in [2.75, 3.05) is 0 Å². The van der Waals surface area contributed by atoms with E-state index in [4.69, 9.17) is 0 Å². The first-order valence-electron chi connectivity index (χ1n) is 5.35. The molecule has 84 valence electrons. The molecule has 3 nitrogen and oxygen atoms in total. The van der Waals surface area contributed by atoms with Crippen LogP contribution in [0.2, 0.25) is 0 Å². The summed E-state index contributed by atoms with van der Waals surface area (Å²) >= 11 is 0. The molecule has 3 heteroatoms. The first-order chi connectivity index (χ1) is 7.50. The van der Waals surface area contributed by atoms with E-state index < -0.39 is 5.41 Å². The molecule has 16 heavy (non-hydrogen) atoms. The summed E-state index contributed by atoms with van der Waals surface area (Å²) in [5.74, 6) is 0.00593. The van der Waals surface area contributed by atoms with Gasteiger partial charge in [-0.1, -0.05) is 29.8 Å². The number of aryl methyl sites for hydroxylation is 1. The molecule has 0 radical (unpaired) electrons. The standard InChI is InChI=1S/C13H16N2O/c1-9-5-4-6-10(7-9)8-11-13(2,3)12(16)15-14-11/h4-8,14H,1-3H3,(H,15,16)/b11-8-. The van der Waals surface area contributed by atoms with Gasteiger partial charge in [0, 0.05) is 5.70 Å². The van der Waals surface area contributed by atoms with Crippen molar-refractivity contribution in [2.45, 2.75) is 20.8 Å². The summed E-state index contributed by atoms with van der Waals surface area (Å²) in [6, 6.07) is 8.19. The van der Waals surface area contributed by atoms with E-state index in [1.807, 2.05) is 32.1 Å². The van der Waals surface area contributed by atoms with Gasteiger partial charge in [-0.3, -0.25) is 10.2 Å². The number of hydrogen-bond donors (Lipinski definition) is 2. The van der Waals surface area contributed by atoms with Crippen molar-refractivity contribution in [1.82, 2.24) is 10.9 Å². The van der Waals surface area contributed by atoms with Crippen molar-refractivity contribution in [3.05, 3.63) is 41.1 Å². The van der Waals surface area contributed by atoms with Gasteiger partial charge in [-0.2, -0.15) is 0 Å². The third kappa shape index (κ3) is 1.81. The summed E-state index contributed by atoms with van der Waals surface area (Å²) in [6.45, 7) is 5.87. The second-order valence-electron chi connectivity index (χ2n) is 4.68. The number of amides is 1. The van der Waals surface area contributed by atoms with Crippen LogP contribution >= 0.6 is 0 Å².